The van der Waals surface area contributed by atoms with Gasteiger partial charge in [0.05, 0.1) is 5.56 Å². The molecule has 4 rings (SSSR count). The number of aromatic nitrogens is 5. The highest BCUT2D eigenvalue weighted by atomic mass is 19.4. The molecule has 4 heterocycles. The van der Waals surface area contributed by atoms with Gasteiger partial charge in [0.1, 0.15) is 17.1 Å². The summed E-state index contributed by atoms with van der Waals surface area (Å²) in [6.45, 7) is 0. The van der Waals surface area contributed by atoms with Crippen molar-refractivity contribution in [3.63, 3.8) is 0 Å². The Morgan fingerprint density at radius 3 is 2.47 bits per heavy atom. The van der Waals surface area contributed by atoms with Gasteiger partial charge in [0, 0.05) is 30.2 Å². The SMILES string of the molecule is NC(=O)c1c(-c2ccnc(C(F)F)c2)nn(-c2cccn3c(=O)ccnc23)c1C(F)(F)F. The highest BCUT2D eigenvalue weighted by molar-refractivity contribution is 6.00. The third kappa shape index (κ3) is 3.46. The maximum atomic E-state index is 14.1. The standard InChI is InChI=1S/C19H11F5N6O2/c20-16(21)10-8-9(3-5-26-10)14-13(17(25)32)15(19(22,23)24)30(28-14)11-2-1-7-29-12(31)4-6-27-18(11)29/h1-8,16H,(H2,25,32). The summed E-state index contributed by atoms with van der Waals surface area (Å²) >= 11 is 0. The number of carbonyl (C=O) groups excluding carboxylic acids is 1. The molecule has 0 radical (unpaired) electrons. The number of hydrogen-bond donors (Lipinski definition) is 1. The number of nitrogens with two attached hydrogens (primary N) is 1. The lowest BCUT2D eigenvalue weighted by Crippen LogP contribution is -2.22. The van der Waals surface area contributed by atoms with E-state index < -0.39 is 46.7 Å². The molecule has 32 heavy (non-hydrogen) atoms. The Hall–Kier alpha value is -4.16. The molecule has 0 aliphatic heterocycles. The Bertz CT molecular complexity index is 1410. The Balaban J connectivity index is 2.11. The first-order chi connectivity index (χ1) is 15.1. The Labute approximate surface area is 174 Å². The summed E-state index contributed by atoms with van der Waals surface area (Å²) < 4.78 is 69.8. The minimum absolute atomic E-state index is 0.182. The van der Waals surface area contributed by atoms with Crippen molar-refractivity contribution in [1.29, 1.82) is 0 Å². The van der Waals surface area contributed by atoms with Crippen LogP contribution in [0.2, 0.25) is 0 Å². The first-order valence-corrected chi connectivity index (χ1v) is 8.81. The van der Waals surface area contributed by atoms with Gasteiger partial charge in [0.25, 0.3) is 17.9 Å². The lowest BCUT2D eigenvalue weighted by atomic mass is 10.1. The molecule has 0 spiro atoms. The number of nitrogens with zero attached hydrogens (tertiary/aromatic N) is 5. The Morgan fingerprint density at radius 2 is 1.81 bits per heavy atom. The van der Waals surface area contributed by atoms with Gasteiger partial charge in [-0.05, 0) is 24.3 Å². The van der Waals surface area contributed by atoms with Crippen LogP contribution in [0.5, 0.6) is 0 Å². The summed E-state index contributed by atoms with van der Waals surface area (Å²) in [4.78, 5) is 31.5. The molecule has 0 saturated heterocycles. The average molecular weight is 450 g/mol. The molecule has 0 atom stereocenters. The van der Waals surface area contributed by atoms with E-state index in [0.29, 0.717) is 4.68 Å². The molecule has 2 N–H and O–H groups in total. The summed E-state index contributed by atoms with van der Waals surface area (Å²) in [5.41, 5.74) is 0.133. The predicted molar refractivity (Wildman–Crippen MR) is 100 cm³/mol. The fourth-order valence-corrected chi connectivity index (χ4v) is 3.22. The molecule has 0 aromatic carbocycles. The van der Waals surface area contributed by atoms with Crippen LogP contribution in [0.4, 0.5) is 22.0 Å². The van der Waals surface area contributed by atoms with E-state index in [9.17, 15) is 31.5 Å². The van der Waals surface area contributed by atoms with E-state index in [0.717, 1.165) is 35.0 Å². The van der Waals surface area contributed by atoms with Crippen molar-refractivity contribution in [2.75, 3.05) is 0 Å². The van der Waals surface area contributed by atoms with Crippen LogP contribution in [0.15, 0.2) is 53.7 Å². The van der Waals surface area contributed by atoms with E-state index in [1.54, 1.807) is 0 Å². The number of alkyl halides is 5. The maximum absolute atomic E-state index is 14.1. The highest BCUT2D eigenvalue weighted by Crippen LogP contribution is 2.39. The van der Waals surface area contributed by atoms with Gasteiger partial charge in [0.15, 0.2) is 11.3 Å². The van der Waals surface area contributed by atoms with Crippen molar-refractivity contribution in [3.05, 3.63) is 76.2 Å². The second-order valence-electron chi connectivity index (χ2n) is 6.49. The molecule has 4 aromatic rings. The summed E-state index contributed by atoms with van der Waals surface area (Å²) in [7, 11) is 0. The van der Waals surface area contributed by atoms with Gasteiger partial charge in [-0.25, -0.2) is 18.4 Å². The van der Waals surface area contributed by atoms with Crippen LogP contribution in [0, 0.1) is 0 Å². The van der Waals surface area contributed by atoms with Gasteiger partial charge >= 0.3 is 6.18 Å². The van der Waals surface area contributed by atoms with E-state index in [-0.39, 0.29) is 16.9 Å². The number of primary amides is 1. The molecule has 0 aliphatic rings. The van der Waals surface area contributed by atoms with Crippen molar-refractivity contribution in [1.82, 2.24) is 24.1 Å². The predicted octanol–water partition coefficient (Wildman–Crippen LogP) is 3.00. The van der Waals surface area contributed by atoms with Crippen LogP contribution in [0.3, 0.4) is 0 Å². The average Bonchev–Trinajstić information content (AvgIpc) is 3.15. The van der Waals surface area contributed by atoms with Crippen molar-refractivity contribution in [3.8, 4) is 16.9 Å². The molecule has 0 fully saturated rings. The molecule has 0 saturated carbocycles. The maximum Gasteiger partial charge on any atom is 0.434 e. The first kappa shape index (κ1) is 21.1. The summed E-state index contributed by atoms with van der Waals surface area (Å²) in [5, 5.41) is 3.89. The third-order valence-corrected chi connectivity index (χ3v) is 4.50. The third-order valence-electron chi connectivity index (χ3n) is 4.50. The van der Waals surface area contributed by atoms with Crippen LogP contribution < -0.4 is 11.3 Å². The topological polar surface area (TPSA) is 108 Å². The monoisotopic (exact) mass is 450 g/mol. The fraction of sp³-hybridized carbons (Fsp3) is 0.105. The van der Waals surface area contributed by atoms with Crippen LogP contribution in [0.1, 0.15) is 28.2 Å². The molecular weight excluding hydrogens is 439 g/mol. The quantitative estimate of drug-likeness (QED) is 0.481. The second-order valence-corrected chi connectivity index (χ2v) is 6.49. The lowest BCUT2D eigenvalue weighted by molar-refractivity contribution is -0.143. The number of halogens is 5. The van der Waals surface area contributed by atoms with Gasteiger partial charge < -0.3 is 5.73 Å². The van der Waals surface area contributed by atoms with Gasteiger partial charge in [-0.2, -0.15) is 18.3 Å². The van der Waals surface area contributed by atoms with E-state index in [1.165, 1.54) is 18.3 Å². The zero-order valence-electron chi connectivity index (χ0n) is 15.7. The van der Waals surface area contributed by atoms with Crippen LogP contribution in [-0.2, 0) is 6.18 Å². The largest absolute Gasteiger partial charge is 0.434 e. The van der Waals surface area contributed by atoms with Crippen molar-refractivity contribution in [2.24, 2.45) is 5.73 Å². The fourth-order valence-electron chi connectivity index (χ4n) is 3.22. The molecular formula is C19H11F5N6O2. The molecule has 0 aliphatic carbocycles. The minimum atomic E-state index is -5.13. The van der Waals surface area contributed by atoms with Gasteiger partial charge in [-0.15, -0.1) is 0 Å². The van der Waals surface area contributed by atoms with Crippen LogP contribution in [0.25, 0.3) is 22.6 Å². The number of carbonyl (C=O) groups is 1. The molecule has 13 heteroatoms. The van der Waals surface area contributed by atoms with Gasteiger partial charge in [-0.3, -0.25) is 19.0 Å². The van der Waals surface area contributed by atoms with E-state index in [4.69, 9.17) is 5.73 Å². The number of rotatable bonds is 4. The number of hydrogen-bond acceptors (Lipinski definition) is 5. The van der Waals surface area contributed by atoms with Gasteiger partial charge in [0.2, 0.25) is 0 Å². The van der Waals surface area contributed by atoms with Crippen LogP contribution >= 0.6 is 0 Å². The molecule has 4 aromatic heterocycles. The number of fused-ring (bicyclic) bond motifs is 1. The molecule has 1 amide bonds. The zero-order chi connectivity index (χ0) is 23.2. The lowest BCUT2D eigenvalue weighted by Gasteiger charge is -2.13. The summed E-state index contributed by atoms with van der Waals surface area (Å²) in [5.74, 6) is -1.47. The highest BCUT2D eigenvalue weighted by Gasteiger charge is 2.43. The summed E-state index contributed by atoms with van der Waals surface area (Å²) in [6.07, 6.45) is -4.79. The van der Waals surface area contributed by atoms with E-state index >= 15 is 0 Å². The zero-order valence-corrected chi connectivity index (χ0v) is 15.7. The van der Waals surface area contributed by atoms with Crippen molar-refractivity contribution >= 4 is 11.6 Å². The first-order valence-electron chi connectivity index (χ1n) is 8.81. The minimum Gasteiger partial charge on any atom is -0.365 e. The smallest absolute Gasteiger partial charge is 0.365 e. The second kappa shape index (κ2) is 7.51. The van der Waals surface area contributed by atoms with Crippen LogP contribution in [-0.4, -0.2) is 30.1 Å². The number of amides is 1. The molecule has 164 valence electrons. The Kier molecular flexibility index (Phi) is 4.95. The molecule has 8 nitrogen and oxygen atoms in total. The Morgan fingerprint density at radius 1 is 1.09 bits per heavy atom. The van der Waals surface area contributed by atoms with Crippen molar-refractivity contribution < 1.29 is 26.7 Å². The molecule has 0 unspecified atom stereocenters. The van der Waals surface area contributed by atoms with E-state index in [1.807, 2.05) is 0 Å². The normalized spacial score (nSPS) is 11.9. The van der Waals surface area contributed by atoms with Gasteiger partial charge in [-0.1, -0.05) is 0 Å². The number of pyridine rings is 2. The van der Waals surface area contributed by atoms with E-state index in [2.05, 4.69) is 15.1 Å². The summed E-state index contributed by atoms with van der Waals surface area (Å²) in [6, 6.07) is 5.54. The van der Waals surface area contributed by atoms with Crippen molar-refractivity contribution in [2.45, 2.75) is 12.6 Å². The molecule has 0 bridgehead atoms.